The highest BCUT2D eigenvalue weighted by molar-refractivity contribution is 7.89. The predicted molar refractivity (Wildman–Crippen MR) is 95.2 cm³/mol. The average Bonchev–Trinajstić information content (AvgIpc) is 2.55. The zero-order valence-corrected chi connectivity index (χ0v) is 15.1. The quantitative estimate of drug-likeness (QED) is 0.827. The lowest BCUT2D eigenvalue weighted by Crippen LogP contribution is -2.47. The van der Waals surface area contributed by atoms with E-state index in [4.69, 9.17) is 0 Å². The molecule has 1 atom stereocenters. The first-order valence-electron chi connectivity index (χ1n) is 7.85. The molecule has 5 nitrogen and oxygen atoms in total. The largest absolute Gasteiger partial charge is 0.322 e. The van der Waals surface area contributed by atoms with E-state index in [1.807, 2.05) is 6.92 Å². The minimum atomic E-state index is -3.87. The van der Waals surface area contributed by atoms with Gasteiger partial charge in [-0.1, -0.05) is 43.7 Å². The molecule has 1 amide bonds. The first kappa shape index (κ1) is 19.1. The maximum Gasteiger partial charge on any atom is 0.242 e. The third-order valence-electron chi connectivity index (χ3n) is 3.69. The maximum atomic E-state index is 13.7. The molecule has 2 rings (SSSR count). The molecule has 0 heterocycles. The SMILES string of the molecule is Cc1ccc(S(=O)(=O)N[C@H](C(=O)Nc2ccccc2F)C(C)C)cc1. The number of sulfonamides is 1. The van der Waals surface area contributed by atoms with E-state index in [2.05, 4.69) is 10.0 Å². The highest BCUT2D eigenvalue weighted by Gasteiger charge is 2.28. The number of rotatable bonds is 6. The van der Waals surface area contributed by atoms with Crippen molar-refractivity contribution in [3.05, 3.63) is 59.9 Å². The number of nitrogens with one attached hydrogen (secondary N) is 2. The van der Waals surface area contributed by atoms with Gasteiger partial charge in [0.25, 0.3) is 0 Å². The Labute approximate surface area is 147 Å². The van der Waals surface area contributed by atoms with Crippen LogP contribution in [0.15, 0.2) is 53.4 Å². The van der Waals surface area contributed by atoms with Crippen LogP contribution in [-0.2, 0) is 14.8 Å². The lowest BCUT2D eigenvalue weighted by molar-refractivity contribution is -0.118. The Morgan fingerprint density at radius 2 is 1.64 bits per heavy atom. The van der Waals surface area contributed by atoms with Crippen LogP contribution in [0.2, 0.25) is 0 Å². The first-order chi connectivity index (χ1) is 11.7. The Morgan fingerprint density at radius 1 is 1.04 bits per heavy atom. The maximum absolute atomic E-state index is 13.7. The Kier molecular flexibility index (Phi) is 5.92. The van der Waals surface area contributed by atoms with Crippen LogP contribution in [0.25, 0.3) is 0 Å². The molecule has 2 N–H and O–H groups in total. The van der Waals surface area contributed by atoms with Crippen molar-refractivity contribution in [1.82, 2.24) is 4.72 Å². The van der Waals surface area contributed by atoms with E-state index < -0.39 is 27.8 Å². The molecule has 0 aliphatic heterocycles. The summed E-state index contributed by atoms with van der Waals surface area (Å²) in [6.07, 6.45) is 0. The molecule has 7 heteroatoms. The summed E-state index contributed by atoms with van der Waals surface area (Å²) in [5.74, 6) is -1.53. The molecule has 0 aliphatic carbocycles. The lowest BCUT2D eigenvalue weighted by Gasteiger charge is -2.22. The van der Waals surface area contributed by atoms with Crippen molar-refractivity contribution in [2.45, 2.75) is 31.7 Å². The second kappa shape index (κ2) is 7.76. The zero-order chi connectivity index (χ0) is 18.6. The van der Waals surface area contributed by atoms with Crippen molar-refractivity contribution in [3.63, 3.8) is 0 Å². The van der Waals surface area contributed by atoms with Crippen LogP contribution >= 0.6 is 0 Å². The number of hydrogen-bond donors (Lipinski definition) is 2. The van der Waals surface area contributed by atoms with Gasteiger partial charge in [0.05, 0.1) is 10.6 Å². The van der Waals surface area contributed by atoms with Gasteiger partial charge in [-0.05, 0) is 37.1 Å². The average molecular weight is 364 g/mol. The van der Waals surface area contributed by atoms with Gasteiger partial charge in [-0.2, -0.15) is 4.72 Å². The Bertz CT molecular complexity index is 849. The Balaban J connectivity index is 2.21. The second-order valence-corrected chi connectivity index (χ2v) is 7.84. The number of halogens is 1. The molecular weight excluding hydrogens is 343 g/mol. The molecule has 0 saturated heterocycles. The minimum Gasteiger partial charge on any atom is -0.322 e. The summed E-state index contributed by atoms with van der Waals surface area (Å²) >= 11 is 0. The van der Waals surface area contributed by atoms with Gasteiger partial charge in [0.2, 0.25) is 15.9 Å². The molecule has 0 saturated carbocycles. The number of carbonyl (C=O) groups is 1. The summed E-state index contributed by atoms with van der Waals surface area (Å²) in [5.41, 5.74) is 0.935. The van der Waals surface area contributed by atoms with Gasteiger partial charge in [0, 0.05) is 0 Å². The van der Waals surface area contributed by atoms with Crippen LogP contribution in [0.3, 0.4) is 0 Å². The fourth-order valence-electron chi connectivity index (χ4n) is 2.22. The minimum absolute atomic E-state index is 0.00711. The van der Waals surface area contributed by atoms with Crippen molar-refractivity contribution in [3.8, 4) is 0 Å². The molecule has 2 aromatic rings. The third kappa shape index (κ3) is 4.87. The molecule has 0 bridgehead atoms. The fourth-order valence-corrected chi connectivity index (χ4v) is 3.56. The second-order valence-electron chi connectivity index (χ2n) is 6.13. The van der Waals surface area contributed by atoms with Gasteiger partial charge < -0.3 is 5.32 Å². The van der Waals surface area contributed by atoms with E-state index in [1.165, 1.54) is 30.3 Å². The van der Waals surface area contributed by atoms with E-state index in [-0.39, 0.29) is 16.5 Å². The molecule has 25 heavy (non-hydrogen) atoms. The van der Waals surface area contributed by atoms with Gasteiger partial charge in [-0.25, -0.2) is 12.8 Å². The van der Waals surface area contributed by atoms with Crippen LogP contribution in [0.4, 0.5) is 10.1 Å². The Hall–Kier alpha value is -2.25. The van der Waals surface area contributed by atoms with Gasteiger partial charge in [-0.3, -0.25) is 4.79 Å². The number of carbonyl (C=O) groups excluding carboxylic acids is 1. The number of anilines is 1. The number of benzene rings is 2. The fraction of sp³-hybridized carbons (Fsp3) is 0.278. The van der Waals surface area contributed by atoms with Crippen molar-refractivity contribution >= 4 is 21.6 Å². The smallest absolute Gasteiger partial charge is 0.242 e. The van der Waals surface area contributed by atoms with Crippen LogP contribution in [0, 0.1) is 18.7 Å². The van der Waals surface area contributed by atoms with E-state index in [1.54, 1.807) is 32.0 Å². The summed E-state index contributed by atoms with van der Waals surface area (Å²) < 4.78 is 41.1. The highest BCUT2D eigenvalue weighted by Crippen LogP contribution is 2.16. The van der Waals surface area contributed by atoms with Crippen LogP contribution in [-0.4, -0.2) is 20.4 Å². The summed E-state index contributed by atoms with van der Waals surface area (Å²) in [5, 5.41) is 2.43. The summed E-state index contributed by atoms with van der Waals surface area (Å²) in [7, 11) is -3.87. The highest BCUT2D eigenvalue weighted by atomic mass is 32.2. The summed E-state index contributed by atoms with van der Waals surface area (Å²) in [6, 6.07) is 11.0. The van der Waals surface area contributed by atoms with Crippen LogP contribution < -0.4 is 10.0 Å². The summed E-state index contributed by atoms with van der Waals surface area (Å²) in [4.78, 5) is 12.5. The van der Waals surface area contributed by atoms with Crippen molar-refractivity contribution in [1.29, 1.82) is 0 Å². The molecule has 0 aliphatic rings. The number of hydrogen-bond acceptors (Lipinski definition) is 3. The van der Waals surface area contributed by atoms with E-state index >= 15 is 0 Å². The molecule has 0 unspecified atom stereocenters. The van der Waals surface area contributed by atoms with Gasteiger partial charge in [-0.15, -0.1) is 0 Å². The number of aryl methyl sites for hydroxylation is 1. The number of amides is 1. The van der Waals surface area contributed by atoms with Crippen molar-refractivity contribution < 1.29 is 17.6 Å². The zero-order valence-electron chi connectivity index (χ0n) is 14.3. The molecule has 134 valence electrons. The monoisotopic (exact) mass is 364 g/mol. The molecule has 0 radical (unpaired) electrons. The van der Waals surface area contributed by atoms with Gasteiger partial charge >= 0.3 is 0 Å². The molecule has 0 aromatic heterocycles. The van der Waals surface area contributed by atoms with Crippen LogP contribution in [0.1, 0.15) is 19.4 Å². The molecular formula is C18H21FN2O3S. The van der Waals surface area contributed by atoms with Gasteiger partial charge in [0.15, 0.2) is 0 Å². The number of para-hydroxylation sites is 1. The molecule has 0 spiro atoms. The van der Waals surface area contributed by atoms with E-state index in [0.717, 1.165) is 5.56 Å². The predicted octanol–water partition coefficient (Wildman–Crippen LogP) is 3.08. The van der Waals surface area contributed by atoms with Crippen LogP contribution in [0.5, 0.6) is 0 Å². The molecule has 2 aromatic carbocycles. The Morgan fingerprint density at radius 3 is 2.20 bits per heavy atom. The van der Waals surface area contributed by atoms with E-state index in [0.29, 0.717) is 0 Å². The topological polar surface area (TPSA) is 75.3 Å². The summed E-state index contributed by atoms with van der Waals surface area (Å²) in [6.45, 7) is 5.27. The lowest BCUT2D eigenvalue weighted by atomic mass is 10.0. The third-order valence-corrected chi connectivity index (χ3v) is 5.15. The van der Waals surface area contributed by atoms with E-state index in [9.17, 15) is 17.6 Å². The molecule has 0 fully saturated rings. The first-order valence-corrected chi connectivity index (χ1v) is 9.33. The standard InChI is InChI=1S/C18H21FN2O3S/c1-12(2)17(18(22)20-16-7-5-4-6-15(16)19)21-25(23,24)14-10-8-13(3)9-11-14/h4-12,17,21H,1-3H3,(H,20,22)/t17-/m0/s1. The van der Waals surface area contributed by atoms with Crippen molar-refractivity contribution in [2.75, 3.05) is 5.32 Å². The van der Waals surface area contributed by atoms with Gasteiger partial charge in [0.1, 0.15) is 11.9 Å². The van der Waals surface area contributed by atoms with Crippen molar-refractivity contribution in [2.24, 2.45) is 5.92 Å². The normalized spacial score (nSPS) is 12.8.